The Balaban J connectivity index is 2.33. The molecule has 1 aliphatic rings. The summed E-state index contributed by atoms with van der Waals surface area (Å²) in [6, 6.07) is 6.61. The maximum Gasteiger partial charge on any atom is 0.125 e. The predicted molar refractivity (Wildman–Crippen MR) is 92.9 cm³/mol. The van der Waals surface area contributed by atoms with E-state index in [2.05, 4.69) is 52.4 Å². The molecule has 0 aliphatic heterocycles. The molecule has 1 aromatic rings. The van der Waals surface area contributed by atoms with Crippen LogP contribution in [0.1, 0.15) is 57.1 Å². The Labute approximate surface area is 137 Å². The van der Waals surface area contributed by atoms with E-state index >= 15 is 0 Å². The molecule has 1 aliphatic carbocycles. The van der Waals surface area contributed by atoms with E-state index in [4.69, 9.17) is 4.74 Å². The fraction of sp³-hybridized carbons (Fsp3) is 0.556. The summed E-state index contributed by atoms with van der Waals surface area (Å²) in [4.78, 5) is 0. The molecule has 1 aromatic carbocycles. The third-order valence-electron chi connectivity index (χ3n) is 4.11. The van der Waals surface area contributed by atoms with Gasteiger partial charge in [-0.15, -0.1) is 0 Å². The fourth-order valence-electron chi connectivity index (χ4n) is 3.05. The second kappa shape index (κ2) is 8.60. The molecule has 0 radical (unpaired) electrons. The Morgan fingerprint density at radius 2 is 2.05 bits per heavy atom. The Morgan fingerprint density at radius 3 is 2.81 bits per heavy atom. The van der Waals surface area contributed by atoms with Gasteiger partial charge in [-0.05, 0) is 44.4 Å². The Kier molecular flexibility index (Phi) is 6.78. The van der Waals surface area contributed by atoms with E-state index in [1.165, 1.54) is 49.7 Å². The molecule has 0 aromatic heterocycles. The third kappa shape index (κ3) is 4.58. The lowest BCUT2D eigenvalue weighted by molar-refractivity contribution is 0.402. The van der Waals surface area contributed by atoms with Crippen LogP contribution in [0.3, 0.4) is 0 Å². The standard InChI is InChI=1S/C18H26BrNO/c1-3-20-18(14-9-7-5-4-6-8-10-14)16-12-11-15(19)13-17(16)21-2/h9,11-13,18,20H,3-8,10H2,1-2H3/b14-9+. The first kappa shape index (κ1) is 16.6. The van der Waals surface area contributed by atoms with E-state index in [-0.39, 0.29) is 6.04 Å². The summed E-state index contributed by atoms with van der Waals surface area (Å²) in [5.41, 5.74) is 2.77. The summed E-state index contributed by atoms with van der Waals surface area (Å²) >= 11 is 3.53. The molecule has 21 heavy (non-hydrogen) atoms. The zero-order valence-electron chi connectivity index (χ0n) is 13.1. The van der Waals surface area contributed by atoms with Crippen LogP contribution in [0.15, 0.2) is 34.3 Å². The van der Waals surface area contributed by atoms with E-state index in [0.717, 1.165) is 16.8 Å². The van der Waals surface area contributed by atoms with E-state index < -0.39 is 0 Å². The monoisotopic (exact) mass is 351 g/mol. The minimum absolute atomic E-state index is 0.274. The molecular weight excluding hydrogens is 326 g/mol. The average Bonchev–Trinajstić information content (AvgIpc) is 2.45. The highest BCUT2D eigenvalue weighted by molar-refractivity contribution is 9.10. The molecule has 3 heteroatoms. The fourth-order valence-corrected chi connectivity index (χ4v) is 3.39. The topological polar surface area (TPSA) is 21.3 Å². The highest BCUT2D eigenvalue weighted by Gasteiger charge is 2.20. The summed E-state index contributed by atoms with van der Waals surface area (Å²) < 4.78 is 6.66. The number of rotatable bonds is 5. The van der Waals surface area contributed by atoms with Crippen LogP contribution >= 0.6 is 15.9 Å². The lowest BCUT2D eigenvalue weighted by Crippen LogP contribution is -2.23. The number of allylic oxidation sites excluding steroid dienone is 1. The van der Waals surface area contributed by atoms with Crippen LogP contribution in [0.2, 0.25) is 0 Å². The Hall–Kier alpha value is -0.800. The van der Waals surface area contributed by atoms with Crippen molar-refractivity contribution >= 4 is 15.9 Å². The summed E-state index contributed by atoms with van der Waals surface area (Å²) in [7, 11) is 1.75. The third-order valence-corrected chi connectivity index (χ3v) is 4.60. The van der Waals surface area contributed by atoms with Gasteiger partial charge in [0.2, 0.25) is 0 Å². The van der Waals surface area contributed by atoms with Crippen LogP contribution in [0.5, 0.6) is 5.75 Å². The number of ether oxygens (including phenoxy) is 1. The van der Waals surface area contributed by atoms with Crippen molar-refractivity contribution in [1.29, 1.82) is 0 Å². The molecule has 0 amide bonds. The maximum absolute atomic E-state index is 5.60. The van der Waals surface area contributed by atoms with E-state index in [1.807, 2.05) is 0 Å². The van der Waals surface area contributed by atoms with E-state index in [1.54, 1.807) is 7.11 Å². The molecular formula is C18H26BrNO. The lowest BCUT2D eigenvalue weighted by atomic mass is 9.90. The Bertz CT molecular complexity index is 484. The van der Waals surface area contributed by atoms with Crippen LogP contribution in [0.25, 0.3) is 0 Å². The number of methoxy groups -OCH3 is 1. The number of halogens is 1. The van der Waals surface area contributed by atoms with Gasteiger partial charge in [-0.2, -0.15) is 0 Å². The molecule has 0 saturated carbocycles. The van der Waals surface area contributed by atoms with Crippen LogP contribution in [0.4, 0.5) is 0 Å². The van der Waals surface area contributed by atoms with Crippen molar-refractivity contribution in [3.63, 3.8) is 0 Å². The zero-order valence-corrected chi connectivity index (χ0v) is 14.7. The largest absolute Gasteiger partial charge is 0.496 e. The smallest absolute Gasteiger partial charge is 0.125 e. The molecule has 1 N–H and O–H groups in total. The number of benzene rings is 1. The SMILES string of the molecule is CCNC(/C1=C/CCCCCC1)c1ccc(Br)cc1OC. The first-order valence-corrected chi connectivity index (χ1v) is 8.81. The van der Waals surface area contributed by atoms with Crippen LogP contribution < -0.4 is 10.1 Å². The first-order valence-electron chi connectivity index (χ1n) is 8.02. The van der Waals surface area contributed by atoms with Crippen molar-refractivity contribution in [2.45, 2.75) is 51.5 Å². The average molecular weight is 352 g/mol. The molecule has 1 unspecified atom stereocenters. The number of hydrogen-bond donors (Lipinski definition) is 1. The van der Waals surface area contributed by atoms with Gasteiger partial charge in [-0.1, -0.05) is 53.4 Å². The van der Waals surface area contributed by atoms with Gasteiger partial charge in [-0.3, -0.25) is 0 Å². The van der Waals surface area contributed by atoms with Crippen molar-refractivity contribution in [2.75, 3.05) is 13.7 Å². The molecule has 0 spiro atoms. The van der Waals surface area contributed by atoms with Gasteiger partial charge >= 0.3 is 0 Å². The van der Waals surface area contributed by atoms with Crippen molar-refractivity contribution in [3.05, 3.63) is 39.9 Å². The minimum Gasteiger partial charge on any atom is -0.496 e. The van der Waals surface area contributed by atoms with Gasteiger partial charge in [0.25, 0.3) is 0 Å². The van der Waals surface area contributed by atoms with Gasteiger partial charge in [0.15, 0.2) is 0 Å². The number of likely N-dealkylation sites (N-methyl/N-ethyl adjacent to an activating group) is 1. The summed E-state index contributed by atoms with van der Waals surface area (Å²) in [5.74, 6) is 0.957. The van der Waals surface area contributed by atoms with Crippen molar-refractivity contribution < 1.29 is 4.74 Å². The molecule has 2 nitrogen and oxygen atoms in total. The van der Waals surface area contributed by atoms with Crippen LogP contribution in [-0.2, 0) is 0 Å². The first-order chi connectivity index (χ1) is 10.3. The lowest BCUT2D eigenvalue weighted by Gasteiger charge is -2.25. The normalized spacial score (nSPS) is 20.0. The second-order valence-electron chi connectivity index (χ2n) is 5.61. The highest BCUT2D eigenvalue weighted by Crippen LogP contribution is 2.35. The van der Waals surface area contributed by atoms with E-state index in [9.17, 15) is 0 Å². The summed E-state index contributed by atoms with van der Waals surface area (Å²) in [6.45, 7) is 3.13. The number of hydrogen-bond acceptors (Lipinski definition) is 2. The quantitative estimate of drug-likeness (QED) is 0.718. The van der Waals surface area contributed by atoms with E-state index in [0.29, 0.717) is 0 Å². The molecule has 1 atom stereocenters. The molecule has 0 saturated heterocycles. The zero-order chi connectivity index (χ0) is 15.1. The van der Waals surface area contributed by atoms with Crippen LogP contribution in [0, 0.1) is 0 Å². The molecule has 2 rings (SSSR count). The predicted octanol–water partition coefficient (Wildman–Crippen LogP) is 5.39. The van der Waals surface area contributed by atoms with Crippen molar-refractivity contribution in [2.24, 2.45) is 0 Å². The van der Waals surface area contributed by atoms with Gasteiger partial charge in [-0.25, -0.2) is 0 Å². The van der Waals surface area contributed by atoms with Crippen molar-refractivity contribution in [3.8, 4) is 5.75 Å². The van der Waals surface area contributed by atoms with Crippen LogP contribution in [-0.4, -0.2) is 13.7 Å². The molecule has 0 fully saturated rings. The second-order valence-corrected chi connectivity index (χ2v) is 6.52. The maximum atomic E-state index is 5.60. The Morgan fingerprint density at radius 1 is 1.24 bits per heavy atom. The summed E-state index contributed by atoms with van der Waals surface area (Å²) in [5, 5.41) is 3.65. The highest BCUT2D eigenvalue weighted by atomic mass is 79.9. The van der Waals surface area contributed by atoms with Gasteiger partial charge in [0, 0.05) is 10.0 Å². The van der Waals surface area contributed by atoms with Gasteiger partial charge in [0.1, 0.15) is 5.75 Å². The summed E-state index contributed by atoms with van der Waals surface area (Å²) in [6.07, 6.45) is 10.2. The number of nitrogens with one attached hydrogen (secondary N) is 1. The van der Waals surface area contributed by atoms with Crippen molar-refractivity contribution in [1.82, 2.24) is 5.32 Å². The van der Waals surface area contributed by atoms with Gasteiger partial charge in [0.05, 0.1) is 13.2 Å². The van der Waals surface area contributed by atoms with Gasteiger partial charge < -0.3 is 10.1 Å². The minimum atomic E-state index is 0.274. The molecule has 0 bridgehead atoms. The molecule has 116 valence electrons. The molecule has 0 heterocycles.